The number of carbonyl (C=O) groups excluding carboxylic acids is 12. The molecule has 730 valence electrons. The molecule has 5 heterocycles. The SMILES string of the molecule is COC[C@@H]1C[C@@H](O)CN1C(=O)COCCOCCOCC(=O)N[C@@H]1O[C@H](COCCC(=O)NCCCNC(=O)CCCCO[C@@H]2O[C@H](CO)[C@H](O)[C@H](O)[C@H]2NC(C)=O)[C@@H](OCCC(=O)NCCCNC(=O)CCCCO[C@@H]2O[C@H](CO)[C@H](O)[C@H](O)[C@H]2NC(C)=O)[C@H](OCCC(=O)NCCCNC(=O)CCCCO[C@@H]2O[C@H](CO)[C@H](O)[C@H](O)[C@H]2NC(C)=O)[C@H]1NC(C)=O. The summed E-state index contributed by atoms with van der Waals surface area (Å²) in [5, 5.41) is 131. The number of aliphatic hydroxyl groups excluding tert-OH is 10. The second kappa shape index (κ2) is 62.1. The van der Waals surface area contributed by atoms with Crippen LogP contribution in [0.15, 0.2) is 0 Å². The number of likely N-dealkylation sites (tertiary alicyclic amines) is 1. The molecule has 48 heteroatoms. The number of amides is 12. The number of carbonyl (C=O) groups is 12. The molecule has 12 amide bonds. The van der Waals surface area contributed by atoms with E-state index < -0.39 is 202 Å². The van der Waals surface area contributed by atoms with E-state index in [0.29, 0.717) is 64.2 Å². The van der Waals surface area contributed by atoms with Crippen molar-refractivity contribution in [2.75, 3.05) is 165 Å². The molecule has 0 spiro atoms. The van der Waals surface area contributed by atoms with Crippen molar-refractivity contribution in [1.82, 2.24) is 63.4 Å². The summed E-state index contributed by atoms with van der Waals surface area (Å²) in [4.78, 5) is 155. The molecule has 5 rings (SSSR count). The van der Waals surface area contributed by atoms with Crippen LogP contribution in [-0.4, -0.2) is 427 Å². The third-order valence-electron chi connectivity index (χ3n) is 20.7. The maximum Gasteiger partial charge on any atom is 0.248 e. The molecule has 0 bridgehead atoms. The summed E-state index contributed by atoms with van der Waals surface area (Å²) in [6.07, 6.45) is -18.8. The van der Waals surface area contributed by atoms with Crippen LogP contribution in [0.25, 0.3) is 0 Å². The van der Waals surface area contributed by atoms with E-state index in [1.54, 1.807) is 0 Å². The van der Waals surface area contributed by atoms with E-state index in [1.165, 1.54) is 39.7 Å². The second-order valence-corrected chi connectivity index (χ2v) is 31.1. The van der Waals surface area contributed by atoms with Gasteiger partial charge in [-0.15, -0.1) is 0 Å². The van der Waals surface area contributed by atoms with Gasteiger partial charge < -0.3 is 181 Å². The van der Waals surface area contributed by atoms with Gasteiger partial charge in [0.2, 0.25) is 70.9 Å². The van der Waals surface area contributed by atoms with Crippen LogP contribution in [-0.2, 0) is 124 Å². The number of rotatable bonds is 63. The van der Waals surface area contributed by atoms with Crippen LogP contribution < -0.4 is 58.5 Å². The fourth-order valence-corrected chi connectivity index (χ4v) is 14.2. The number of methoxy groups -OCH3 is 1. The monoisotopic (exact) mass is 1830 g/mol. The van der Waals surface area contributed by atoms with Gasteiger partial charge in [-0.05, 0) is 64.2 Å². The Bertz CT molecular complexity index is 3280. The molecule has 0 saturated carbocycles. The maximum atomic E-state index is 13.8. The first-order chi connectivity index (χ1) is 60.9. The van der Waals surface area contributed by atoms with Crippen LogP contribution in [0.3, 0.4) is 0 Å². The summed E-state index contributed by atoms with van der Waals surface area (Å²) in [5.74, 6) is -5.53. The number of ether oxygens (including phenoxy) is 14. The topological polar surface area (TPSA) is 672 Å². The second-order valence-electron chi connectivity index (χ2n) is 31.1. The van der Waals surface area contributed by atoms with Crippen molar-refractivity contribution in [2.24, 2.45) is 0 Å². The first-order valence-corrected chi connectivity index (χ1v) is 43.3. The van der Waals surface area contributed by atoms with Crippen LogP contribution in [0.5, 0.6) is 0 Å². The Hall–Kier alpha value is -7.32. The van der Waals surface area contributed by atoms with Gasteiger partial charge in [0.1, 0.15) is 111 Å². The Morgan fingerprint density at radius 2 is 0.693 bits per heavy atom. The molecule has 0 unspecified atom stereocenters. The molecule has 0 aliphatic carbocycles. The molecule has 5 fully saturated rings. The van der Waals surface area contributed by atoms with Gasteiger partial charge in [-0.1, -0.05) is 0 Å². The lowest BCUT2D eigenvalue weighted by atomic mass is 9.95. The van der Waals surface area contributed by atoms with E-state index in [4.69, 9.17) is 66.3 Å². The fourth-order valence-electron chi connectivity index (χ4n) is 14.2. The minimum absolute atomic E-state index is 0.00551. The predicted octanol–water partition coefficient (Wildman–Crippen LogP) is -9.79. The van der Waals surface area contributed by atoms with Gasteiger partial charge in [-0.2, -0.15) is 0 Å². The fraction of sp³-hybridized carbons (Fsp3) is 0.848. The summed E-state index contributed by atoms with van der Waals surface area (Å²) >= 11 is 0. The molecule has 5 aliphatic heterocycles. The molecule has 0 aromatic rings. The van der Waals surface area contributed by atoms with E-state index in [0.717, 1.165) is 0 Å². The van der Waals surface area contributed by atoms with Gasteiger partial charge in [0.05, 0.1) is 91.4 Å². The molecule has 0 aromatic heterocycles. The lowest BCUT2D eigenvalue weighted by Gasteiger charge is -2.46. The molecule has 48 nitrogen and oxygen atoms in total. The Labute approximate surface area is 736 Å². The Morgan fingerprint density at radius 1 is 0.339 bits per heavy atom. The van der Waals surface area contributed by atoms with E-state index in [9.17, 15) is 109 Å². The number of hydrogen-bond acceptors (Lipinski definition) is 36. The minimum Gasteiger partial charge on any atom is -0.394 e. The molecule has 5 saturated heterocycles. The van der Waals surface area contributed by atoms with Gasteiger partial charge in [0.15, 0.2) is 25.1 Å². The Balaban J connectivity index is 1.18. The number of nitrogens with zero attached hydrogens (tertiary/aromatic N) is 1. The largest absolute Gasteiger partial charge is 0.394 e. The molecule has 0 radical (unpaired) electrons. The van der Waals surface area contributed by atoms with Gasteiger partial charge in [0.25, 0.3) is 0 Å². The lowest BCUT2D eigenvalue weighted by Crippen LogP contribution is -2.69. The van der Waals surface area contributed by atoms with E-state index in [2.05, 4.69) is 58.5 Å². The zero-order valence-corrected chi connectivity index (χ0v) is 73.0. The molecule has 0 aromatic carbocycles. The summed E-state index contributed by atoms with van der Waals surface area (Å²) in [5.41, 5.74) is 0. The van der Waals surface area contributed by atoms with Crippen molar-refractivity contribution < 1.29 is 175 Å². The highest BCUT2D eigenvalue weighted by Crippen LogP contribution is 2.29. The number of aliphatic hydroxyl groups is 10. The highest BCUT2D eigenvalue weighted by Gasteiger charge is 2.51. The number of nitrogens with one attached hydrogen (secondary N) is 11. The van der Waals surface area contributed by atoms with E-state index in [-0.39, 0.29) is 200 Å². The van der Waals surface area contributed by atoms with E-state index >= 15 is 0 Å². The van der Waals surface area contributed by atoms with Gasteiger partial charge >= 0.3 is 0 Å². The van der Waals surface area contributed by atoms with Crippen LogP contribution in [0.4, 0.5) is 0 Å². The van der Waals surface area contributed by atoms with Crippen molar-refractivity contribution in [3.8, 4) is 0 Å². The highest BCUT2D eigenvalue weighted by atomic mass is 16.7. The maximum absolute atomic E-state index is 13.8. The smallest absolute Gasteiger partial charge is 0.248 e. The summed E-state index contributed by atoms with van der Waals surface area (Å²) in [6, 6.07) is -4.95. The van der Waals surface area contributed by atoms with E-state index in [1.807, 2.05) is 0 Å². The third kappa shape index (κ3) is 41.8. The summed E-state index contributed by atoms with van der Waals surface area (Å²) in [6.45, 7) is 2.40. The number of unbranched alkanes of at least 4 members (excludes halogenated alkanes) is 3. The number of β-amino-alcohol motifs (C(OH)–C–C–N with tert-alkyl or cyclic N) is 1. The zero-order valence-electron chi connectivity index (χ0n) is 73.0. The zero-order chi connectivity index (χ0) is 93.2. The Morgan fingerprint density at radius 3 is 1.07 bits per heavy atom. The third-order valence-corrected chi connectivity index (χ3v) is 20.7. The number of hydrogen-bond donors (Lipinski definition) is 21. The molecular weight excluding hydrogens is 1690 g/mol. The van der Waals surface area contributed by atoms with Crippen LogP contribution in [0, 0.1) is 0 Å². The average molecular weight is 1830 g/mol. The molecule has 21 N–H and O–H groups in total. The summed E-state index contributed by atoms with van der Waals surface area (Å²) in [7, 11) is 1.50. The predicted molar refractivity (Wildman–Crippen MR) is 436 cm³/mol. The molecular formula is C79H138N12O36. The molecule has 22 atom stereocenters. The van der Waals surface area contributed by atoms with Crippen molar-refractivity contribution in [2.45, 2.75) is 265 Å². The normalized spacial score (nSPS) is 27.6. The Kier molecular flexibility index (Phi) is 53.9. The van der Waals surface area contributed by atoms with Crippen LogP contribution >= 0.6 is 0 Å². The lowest BCUT2D eigenvalue weighted by molar-refractivity contribution is -0.270. The van der Waals surface area contributed by atoms with Crippen molar-refractivity contribution in [1.29, 1.82) is 0 Å². The minimum atomic E-state index is -1.49. The highest BCUT2D eigenvalue weighted by molar-refractivity contribution is 5.80. The van der Waals surface area contributed by atoms with Gasteiger partial charge in [-0.3, -0.25) is 57.5 Å². The van der Waals surface area contributed by atoms with Crippen molar-refractivity contribution in [3.63, 3.8) is 0 Å². The van der Waals surface area contributed by atoms with Crippen molar-refractivity contribution in [3.05, 3.63) is 0 Å². The standard InChI is InChI=1S/C79H138N12O36/c1-46(95)86-64-71(111)68(108)52(39-92)125-77(64)121-27-9-6-15-56(100)80-21-12-24-83-59(103)18-30-116-43-55-74(119-31-19-60(104)84-25-13-22-81-57(101)16-7-10-28-122-78-65(87-47(2)96)72(112)69(109)53(40-93)126-78)75(67(89-49(4)98)76(124-55)90-62(106)44-117-35-33-115-34-36-118-45-63(107)91-38-51(99)37-50(91)42-114-5)120-32-20-61(105)85-26-14-23-82-58(102)17-8-11-29-123-79-66(88-48(3)97)73(113)70(110)54(41-94)127-79/h50-55,64-79,92-94,99,108-113H,6-45H2,1-5H3,(H,80,100)(H,81,101)(H,82,102)(H,83,103)(H,84,104)(H,85,105)(H,86,95)(H,87,96)(H,88,97)(H,89,98)(H,90,106)/t50-,51+,52+,53+,54+,55+,64+,65+,66+,67+,68-,69-,70-,71+,72+,73+,74+,75+,76+,77+,78+,79+/m0/s1. The first kappa shape index (κ1) is 110. The van der Waals surface area contributed by atoms with Crippen molar-refractivity contribution >= 4 is 70.9 Å². The summed E-state index contributed by atoms with van der Waals surface area (Å²) < 4.78 is 81.2. The van der Waals surface area contributed by atoms with Gasteiger partial charge in [-0.25, -0.2) is 0 Å². The van der Waals surface area contributed by atoms with Crippen LogP contribution in [0.2, 0.25) is 0 Å². The van der Waals surface area contributed by atoms with Crippen LogP contribution in [0.1, 0.15) is 130 Å². The van der Waals surface area contributed by atoms with Gasteiger partial charge in [0, 0.05) is 139 Å². The molecule has 127 heavy (non-hydrogen) atoms. The quantitative estimate of drug-likeness (QED) is 0.0251. The molecule has 5 aliphatic rings. The first-order valence-electron chi connectivity index (χ1n) is 43.3. The average Bonchev–Trinajstić information content (AvgIpc) is 1.10.